The quantitative estimate of drug-likeness (QED) is 0.444. The SMILES string of the molecule is O=C(CSc1ccccc1)OCCOc1ccccc1. The normalized spacial score (nSPS) is 10.0. The minimum Gasteiger partial charge on any atom is -0.490 e. The molecule has 104 valence electrons. The molecular weight excluding hydrogens is 272 g/mol. The summed E-state index contributed by atoms with van der Waals surface area (Å²) in [6.07, 6.45) is 0. The molecule has 0 fully saturated rings. The van der Waals surface area contributed by atoms with Gasteiger partial charge in [0, 0.05) is 4.90 Å². The first kappa shape index (κ1) is 14.5. The summed E-state index contributed by atoms with van der Waals surface area (Å²) in [4.78, 5) is 12.6. The molecule has 0 atom stereocenters. The molecule has 0 aliphatic heterocycles. The second kappa shape index (κ2) is 8.27. The zero-order chi connectivity index (χ0) is 14.0. The Morgan fingerprint density at radius 1 is 0.900 bits per heavy atom. The average Bonchev–Trinajstić information content (AvgIpc) is 2.52. The Hall–Kier alpha value is -1.94. The number of ether oxygens (including phenoxy) is 2. The van der Waals surface area contributed by atoms with E-state index in [2.05, 4.69) is 0 Å². The molecule has 2 rings (SSSR count). The van der Waals surface area contributed by atoms with Crippen LogP contribution in [0.2, 0.25) is 0 Å². The minimum absolute atomic E-state index is 0.226. The van der Waals surface area contributed by atoms with Gasteiger partial charge in [-0.05, 0) is 24.3 Å². The minimum atomic E-state index is -0.226. The van der Waals surface area contributed by atoms with Gasteiger partial charge in [0.05, 0.1) is 5.75 Å². The molecule has 0 heterocycles. The lowest BCUT2D eigenvalue weighted by Crippen LogP contribution is -2.13. The van der Waals surface area contributed by atoms with Gasteiger partial charge in [0.1, 0.15) is 19.0 Å². The van der Waals surface area contributed by atoms with Crippen LogP contribution in [0.5, 0.6) is 5.75 Å². The summed E-state index contributed by atoms with van der Waals surface area (Å²) in [6.45, 7) is 0.634. The van der Waals surface area contributed by atoms with E-state index in [1.54, 1.807) is 0 Å². The fourth-order valence-electron chi connectivity index (χ4n) is 1.53. The van der Waals surface area contributed by atoms with Crippen molar-refractivity contribution in [2.45, 2.75) is 4.90 Å². The molecule has 0 saturated heterocycles. The molecule has 3 nitrogen and oxygen atoms in total. The topological polar surface area (TPSA) is 35.5 Å². The maximum absolute atomic E-state index is 11.5. The second-order valence-corrected chi connectivity index (χ2v) is 5.03. The van der Waals surface area contributed by atoms with E-state index >= 15 is 0 Å². The molecule has 4 heteroatoms. The van der Waals surface area contributed by atoms with E-state index in [1.165, 1.54) is 11.8 Å². The molecule has 0 amide bonds. The number of hydrogen-bond donors (Lipinski definition) is 0. The number of carbonyl (C=O) groups excluding carboxylic acids is 1. The van der Waals surface area contributed by atoms with Crippen molar-refractivity contribution in [3.63, 3.8) is 0 Å². The van der Waals surface area contributed by atoms with Gasteiger partial charge in [0.15, 0.2) is 0 Å². The standard InChI is InChI=1S/C16H16O3S/c17-16(13-20-15-9-5-2-6-10-15)19-12-11-18-14-7-3-1-4-8-14/h1-10H,11-13H2. The maximum atomic E-state index is 11.5. The van der Waals surface area contributed by atoms with Crippen LogP contribution in [0.1, 0.15) is 0 Å². The van der Waals surface area contributed by atoms with Crippen molar-refractivity contribution in [1.29, 1.82) is 0 Å². The van der Waals surface area contributed by atoms with Crippen LogP contribution in [0, 0.1) is 0 Å². The van der Waals surface area contributed by atoms with E-state index in [0.29, 0.717) is 12.4 Å². The summed E-state index contributed by atoms with van der Waals surface area (Å²) in [5.74, 6) is 0.868. The van der Waals surface area contributed by atoms with Crippen molar-refractivity contribution >= 4 is 17.7 Å². The van der Waals surface area contributed by atoms with Crippen LogP contribution in [0.3, 0.4) is 0 Å². The highest BCUT2D eigenvalue weighted by Crippen LogP contribution is 2.16. The van der Waals surface area contributed by atoms with E-state index < -0.39 is 0 Å². The van der Waals surface area contributed by atoms with Crippen LogP contribution in [0.15, 0.2) is 65.6 Å². The summed E-state index contributed by atoms with van der Waals surface area (Å²) in [5.41, 5.74) is 0. The second-order valence-electron chi connectivity index (χ2n) is 3.98. The highest BCUT2D eigenvalue weighted by Gasteiger charge is 2.04. The van der Waals surface area contributed by atoms with Crippen molar-refractivity contribution in [3.05, 3.63) is 60.7 Å². The number of thioether (sulfide) groups is 1. The van der Waals surface area contributed by atoms with Gasteiger partial charge in [-0.15, -0.1) is 11.8 Å². The van der Waals surface area contributed by atoms with Crippen LogP contribution < -0.4 is 4.74 Å². The van der Waals surface area contributed by atoms with Crippen molar-refractivity contribution in [3.8, 4) is 5.75 Å². The third-order valence-corrected chi connectivity index (χ3v) is 3.44. The van der Waals surface area contributed by atoms with Gasteiger partial charge in [-0.1, -0.05) is 36.4 Å². The summed E-state index contributed by atoms with van der Waals surface area (Å²) < 4.78 is 10.5. The van der Waals surface area contributed by atoms with Crippen molar-refractivity contribution < 1.29 is 14.3 Å². The van der Waals surface area contributed by atoms with Crippen LogP contribution in [-0.4, -0.2) is 24.9 Å². The van der Waals surface area contributed by atoms with E-state index in [4.69, 9.17) is 9.47 Å². The van der Waals surface area contributed by atoms with Gasteiger partial charge in [-0.2, -0.15) is 0 Å². The van der Waals surface area contributed by atoms with Crippen LogP contribution in [0.25, 0.3) is 0 Å². The fraction of sp³-hybridized carbons (Fsp3) is 0.188. The summed E-state index contributed by atoms with van der Waals surface area (Å²) >= 11 is 1.47. The highest BCUT2D eigenvalue weighted by atomic mass is 32.2. The lowest BCUT2D eigenvalue weighted by molar-refractivity contribution is -0.141. The number of rotatable bonds is 7. The Bertz CT molecular complexity index is 514. The molecule has 0 aliphatic carbocycles. The van der Waals surface area contributed by atoms with Gasteiger partial charge in [0.25, 0.3) is 0 Å². The molecule has 0 radical (unpaired) electrons. The van der Waals surface area contributed by atoms with Gasteiger partial charge in [-0.3, -0.25) is 4.79 Å². The summed E-state index contributed by atoms with van der Waals surface area (Å²) in [6, 6.07) is 19.2. The molecule has 0 aromatic heterocycles. The van der Waals surface area contributed by atoms with E-state index in [1.807, 2.05) is 60.7 Å². The number of carbonyl (C=O) groups is 1. The molecule has 0 bridgehead atoms. The molecule has 0 unspecified atom stereocenters. The molecule has 20 heavy (non-hydrogen) atoms. The third-order valence-electron chi connectivity index (χ3n) is 2.46. The zero-order valence-corrected chi connectivity index (χ0v) is 11.8. The first-order valence-electron chi connectivity index (χ1n) is 6.36. The number of hydrogen-bond acceptors (Lipinski definition) is 4. The zero-order valence-electron chi connectivity index (χ0n) is 11.0. The van der Waals surface area contributed by atoms with E-state index in [0.717, 1.165) is 10.6 Å². The van der Waals surface area contributed by atoms with Gasteiger partial charge in [-0.25, -0.2) is 0 Å². The van der Waals surface area contributed by atoms with E-state index in [9.17, 15) is 4.79 Å². The van der Waals surface area contributed by atoms with Crippen LogP contribution >= 0.6 is 11.8 Å². The van der Waals surface area contributed by atoms with Gasteiger partial charge >= 0.3 is 5.97 Å². The van der Waals surface area contributed by atoms with Crippen molar-refractivity contribution in [2.24, 2.45) is 0 Å². The Morgan fingerprint density at radius 2 is 1.55 bits per heavy atom. The van der Waals surface area contributed by atoms with Crippen molar-refractivity contribution in [2.75, 3.05) is 19.0 Å². The number of esters is 1. The average molecular weight is 288 g/mol. The lowest BCUT2D eigenvalue weighted by Gasteiger charge is -2.07. The molecule has 0 aliphatic rings. The van der Waals surface area contributed by atoms with Gasteiger partial charge < -0.3 is 9.47 Å². The predicted octanol–water partition coefficient (Wildman–Crippen LogP) is 3.40. The summed E-state index contributed by atoms with van der Waals surface area (Å²) in [7, 11) is 0. The largest absolute Gasteiger partial charge is 0.490 e. The Morgan fingerprint density at radius 3 is 2.25 bits per heavy atom. The molecule has 0 saturated carbocycles. The van der Waals surface area contributed by atoms with Crippen LogP contribution in [-0.2, 0) is 9.53 Å². The molecule has 0 N–H and O–H groups in total. The fourth-order valence-corrected chi connectivity index (χ4v) is 2.25. The Kier molecular flexibility index (Phi) is 5.99. The molecular formula is C16H16O3S. The number of para-hydroxylation sites is 1. The van der Waals surface area contributed by atoms with Gasteiger partial charge in [0.2, 0.25) is 0 Å². The Labute approximate surface area is 122 Å². The maximum Gasteiger partial charge on any atom is 0.316 e. The first-order chi connectivity index (χ1) is 9.84. The molecule has 0 spiro atoms. The lowest BCUT2D eigenvalue weighted by atomic mass is 10.3. The smallest absolute Gasteiger partial charge is 0.316 e. The monoisotopic (exact) mass is 288 g/mol. The van der Waals surface area contributed by atoms with Crippen molar-refractivity contribution in [1.82, 2.24) is 0 Å². The third kappa shape index (κ3) is 5.36. The first-order valence-corrected chi connectivity index (χ1v) is 7.34. The summed E-state index contributed by atoms with van der Waals surface area (Å²) in [5, 5.41) is 0. The van der Waals surface area contributed by atoms with E-state index in [-0.39, 0.29) is 12.6 Å². The highest BCUT2D eigenvalue weighted by molar-refractivity contribution is 8.00. The Balaban J connectivity index is 1.59. The predicted molar refractivity (Wildman–Crippen MR) is 80.1 cm³/mol. The molecule has 2 aromatic rings. The molecule has 2 aromatic carbocycles. The number of benzene rings is 2. The van der Waals surface area contributed by atoms with Crippen LogP contribution in [0.4, 0.5) is 0 Å².